The molecule has 10 aromatic heterocycles. The minimum absolute atomic E-state index is 0.593. The highest BCUT2D eigenvalue weighted by molar-refractivity contribution is 6.13. The quantitative estimate of drug-likeness (QED) is 0.0574. The molecule has 112 heavy (non-hydrogen) atoms. The fourth-order valence-electron chi connectivity index (χ4n) is 18.2. The van der Waals surface area contributed by atoms with Gasteiger partial charge in [-0.1, -0.05) is 204 Å². The number of rotatable bonds is 23. The van der Waals surface area contributed by atoms with Crippen molar-refractivity contribution in [3.8, 4) is 0 Å². The summed E-state index contributed by atoms with van der Waals surface area (Å²) in [4.78, 5) is 0. The fourth-order valence-corrected chi connectivity index (χ4v) is 18.2. The van der Waals surface area contributed by atoms with Gasteiger partial charge in [-0.3, -0.25) is 0 Å². The van der Waals surface area contributed by atoms with Crippen LogP contribution in [0.25, 0.3) is 131 Å². The molecule has 0 aliphatic rings. The first-order chi connectivity index (χ1) is 55.4. The number of para-hydroxylation sites is 8. The van der Waals surface area contributed by atoms with Crippen molar-refractivity contribution >= 4 is 131 Å². The second kappa shape index (κ2) is 27.0. The highest BCUT2D eigenvalue weighted by atomic mass is 15.4. The number of aryl methyl sites for hydroxylation is 2. The van der Waals surface area contributed by atoms with E-state index in [0.29, 0.717) is 52.4 Å². The molecule has 0 spiro atoms. The van der Waals surface area contributed by atoms with Gasteiger partial charge < -0.3 is 27.4 Å². The van der Waals surface area contributed by atoms with Gasteiger partial charge in [0, 0.05) is 144 Å². The Morgan fingerprint density at radius 3 is 0.589 bits per heavy atom. The summed E-state index contributed by atoms with van der Waals surface area (Å²) in [6.45, 7) is 6.66. The molecule has 0 saturated heterocycles. The molecule has 0 saturated carbocycles. The lowest BCUT2D eigenvalue weighted by atomic mass is 10.1. The van der Waals surface area contributed by atoms with Crippen LogP contribution < -0.4 is 0 Å². The Hall–Kier alpha value is -14.0. The van der Waals surface area contributed by atoms with Crippen LogP contribution in [0.2, 0.25) is 0 Å². The Balaban J connectivity index is 0.534. The van der Waals surface area contributed by atoms with E-state index in [0.717, 1.165) is 61.5 Å². The number of benzene rings is 12. The summed E-state index contributed by atoms with van der Waals surface area (Å²) in [5.74, 6) is 0. The average Bonchev–Trinajstić information content (AvgIpc) is 1.59. The van der Waals surface area contributed by atoms with E-state index in [4.69, 9.17) is 41.2 Å². The van der Waals surface area contributed by atoms with Crippen LogP contribution in [0.3, 0.4) is 0 Å². The first kappa shape index (κ1) is 65.1. The Bertz CT molecular complexity index is 6320. The zero-order valence-corrected chi connectivity index (χ0v) is 61.7. The lowest BCUT2D eigenvalue weighted by molar-refractivity contribution is 0.559. The van der Waals surface area contributed by atoms with E-state index < -0.39 is 0 Å². The fraction of sp³-hybridized carbons (Fsp3) is 0.149. The van der Waals surface area contributed by atoms with Gasteiger partial charge in [0.15, 0.2) is 0 Å². The summed E-state index contributed by atoms with van der Waals surface area (Å²) >= 11 is 0. The number of nitrogens with zero attached hydrogens (tertiary/aromatic N) is 18. The van der Waals surface area contributed by atoms with Crippen LogP contribution in [0.1, 0.15) is 70.7 Å². The summed E-state index contributed by atoms with van der Waals surface area (Å²) in [6, 6.07) is 97.0. The second-order valence-electron chi connectivity index (χ2n) is 30.2. The Labute approximate surface area is 642 Å². The highest BCUT2D eigenvalue weighted by Crippen LogP contribution is 2.38. The third-order valence-electron chi connectivity index (χ3n) is 23.2. The maximum absolute atomic E-state index is 4.75. The molecule has 18 heteroatoms. The third kappa shape index (κ3) is 11.5. The number of aromatic nitrogens is 18. The molecule has 0 unspecified atom stereocenters. The lowest BCUT2D eigenvalue weighted by Gasteiger charge is -2.10. The third-order valence-corrected chi connectivity index (χ3v) is 23.2. The molecule has 22 aromatic rings. The van der Waals surface area contributed by atoms with E-state index in [1.54, 1.807) is 0 Å². The van der Waals surface area contributed by atoms with E-state index >= 15 is 0 Å². The first-order valence-electron chi connectivity index (χ1n) is 38.9. The molecule has 0 bridgehead atoms. The van der Waals surface area contributed by atoms with Crippen molar-refractivity contribution in [2.45, 2.75) is 91.1 Å². The molecular formula is C94H76N18. The van der Waals surface area contributed by atoms with Crippen molar-refractivity contribution in [1.82, 2.24) is 87.4 Å². The van der Waals surface area contributed by atoms with Gasteiger partial charge in [-0.2, -0.15) is 0 Å². The molecule has 0 aliphatic carbocycles. The Morgan fingerprint density at radius 2 is 0.375 bits per heavy atom. The van der Waals surface area contributed by atoms with Gasteiger partial charge in [0.05, 0.1) is 77.1 Å². The number of hydrogen-bond donors (Lipinski definition) is 0. The van der Waals surface area contributed by atoms with Crippen molar-refractivity contribution in [2.24, 2.45) is 0 Å². The van der Waals surface area contributed by atoms with Crippen LogP contribution in [-0.4, -0.2) is 87.4 Å². The van der Waals surface area contributed by atoms with Gasteiger partial charge in [0.2, 0.25) is 0 Å². The summed E-state index contributed by atoms with van der Waals surface area (Å²) in [7, 11) is 0. The molecule has 542 valence electrons. The first-order valence-corrected chi connectivity index (χ1v) is 38.9. The van der Waals surface area contributed by atoms with Crippen molar-refractivity contribution < 1.29 is 0 Å². The number of unbranched alkanes of at least 4 members (excludes halogenated alkanes) is 3. The van der Waals surface area contributed by atoms with Crippen LogP contribution in [0.15, 0.2) is 292 Å². The Kier molecular flexibility index (Phi) is 15.7. The van der Waals surface area contributed by atoms with Crippen LogP contribution in [0.5, 0.6) is 0 Å². The van der Waals surface area contributed by atoms with Gasteiger partial charge in [0.25, 0.3) is 0 Å². The monoisotopic (exact) mass is 1460 g/mol. The zero-order valence-electron chi connectivity index (χ0n) is 61.7. The molecule has 0 aliphatic heterocycles. The van der Waals surface area contributed by atoms with Gasteiger partial charge >= 0.3 is 0 Å². The summed E-state index contributed by atoms with van der Waals surface area (Å²) in [5, 5.41) is 52.8. The Morgan fingerprint density at radius 1 is 0.179 bits per heavy atom. The van der Waals surface area contributed by atoms with E-state index in [-0.39, 0.29) is 0 Å². The smallest absolute Gasteiger partial charge is 0.102 e. The predicted octanol–water partition coefficient (Wildman–Crippen LogP) is 19.3. The molecule has 18 nitrogen and oxygen atoms in total. The van der Waals surface area contributed by atoms with E-state index in [9.17, 15) is 0 Å². The molecule has 12 aromatic carbocycles. The normalized spacial score (nSPS) is 12.2. The van der Waals surface area contributed by atoms with Gasteiger partial charge in [-0.15, -0.1) is 20.4 Å². The summed E-state index contributed by atoms with van der Waals surface area (Å²) in [6.07, 6.45) is 12.7. The summed E-state index contributed by atoms with van der Waals surface area (Å²) < 4.78 is 22.5. The summed E-state index contributed by atoms with van der Waals surface area (Å²) in [5.41, 5.74) is 22.8. The number of hydrogen-bond acceptors (Lipinski definition) is 8. The minimum atomic E-state index is 0.593. The van der Waals surface area contributed by atoms with Crippen molar-refractivity contribution in [2.75, 3.05) is 0 Å². The second-order valence-corrected chi connectivity index (χ2v) is 30.2. The molecule has 0 atom stereocenters. The maximum Gasteiger partial charge on any atom is 0.102 e. The molecule has 0 N–H and O–H groups in total. The largest absolute Gasteiger partial charge is 0.340 e. The SMILES string of the molecule is c1ccc2c(c1)c1ccccc1n2Cc1cn(Cc2ccc3c(c2)c2cc(Cn4cc(Cn5c6ccccc6c6ccccc65)nn4)ccc2n3CCCCCCn2c3ccc(Cn4cc(Cn5c6ccccc6c6ccccc65)nn4)cc3c3cc(Cn4cc(Cn5c6ccccc6c6ccccc65)nn4)ccc32)nn1. The zero-order chi connectivity index (χ0) is 73.7. The van der Waals surface area contributed by atoms with E-state index in [2.05, 4.69) is 319 Å². The maximum atomic E-state index is 4.75. The minimum Gasteiger partial charge on any atom is -0.340 e. The van der Waals surface area contributed by atoms with Crippen LogP contribution >= 0.6 is 0 Å². The van der Waals surface area contributed by atoms with Crippen LogP contribution in [0, 0.1) is 0 Å². The van der Waals surface area contributed by atoms with Crippen LogP contribution in [0.4, 0.5) is 0 Å². The van der Waals surface area contributed by atoms with Crippen molar-refractivity contribution in [1.29, 1.82) is 0 Å². The van der Waals surface area contributed by atoms with Crippen molar-refractivity contribution in [3.63, 3.8) is 0 Å². The standard InChI is InChI=1S/C94H76N18/c1(19-45-107-91-41-37-63(51-103-55-67(95-99-103)59-109-83-29-11-3-21-71(83)72-22-4-12-30-84(72)109)47-79(91)80-48-64(38-42-92(80)107)52-104-56-68(96-100-104)60-110-85-31-13-5-23-73(85)74-24-6-14-32-86(74)110)2-20-46-108-93-43-39-65(53-105-57-69(97-101-105)61-111-87-33-15-7-25-75(87)76-26-8-16-34-88(76)111)49-81(93)82-50-66(40-44-94(82)108)54-106-58-70(98-102-106)62-112-89-35-17-9-27-77(89)78-28-10-18-36-90(78)112/h3-18,21-44,47-50,55-58H,1-2,19-20,45-46,51-54,59-62H2. The highest BCUT2D eigenvalue weighted by Gasteiger charge is 2.21. The average molecular weight is 1460 g/mol. The van der Waals surface area contributed by atoms with E-state index in [1.165, 1.54) is 153 Å². The van der Waals surface area contributed by atoms with Crippen LogP contribution in [-0.2, 0) is 65.4 Å². The van der Waals surface area contributed by atoms with Gasteiger partial charge in [-0.05, 0) is 132 Å². The van der Waals surface area contributed by atoms with Gasteiger partial charge in [-0.25, -0.2) is 18.7 Å². The predicted molar refractivity (Wildman–Crippen MR) is 448 cm³/mol. The molecule has 0 radical (unpaired) electrons. The molecule has 10 heterocycles. The molecule has 22 rings (SSSR count). The topological polar surface area (TPSA) is 152 Å². The lowest BCUT2D eigenvalue weighted by Crippen LogP contribution is -2.02. The van der Waals surface area contributed by atoms with Gasteiger partial charge in [0.1, 0.15) is 22.8 Å². The molecule has 0 amide bonds. The molecule has 0 fully saturated rings. The van der Waals surface area contributed by atoms with Crippen molar-refractivity contribution in [3.05, 3.63) is 337 Å². The van der Waals surface area contributed by atoms with E-state index in [1.807, 2.05) is 18.7 Å². The molecular weight excluding hydrogens is 1380 g/mol. The number of fused-ring (bicyclic) bond motifs is 18.